The zero-order valence-electron chi connectivity index (χ0n) is 6.97. The Hall–Kier alpha value is -0.0400. The van der Waals surface area contributed by atoms with E-state index >= 15 is 0 Å². The third-order valence-electron chi connectivity index (χ3n) is 2.82. The molecule has 0 aromatic heterocycles. The largest absolute Gasteiger partial charge is 0.330 e. The van der Waals surface area contributed by atoms with Crippen molar-refractivity contribution in [1.29, 1.82) is 0 Å². The Balaban J connectivity index is 2.02. The van der Waals surface area contributed by atoms with Gasteiger partial charge in [-0.3, -0.25) is 0 Å². The molecule has 10 heavy (non-hydrogen) atoms. The second-order valence-electron chi connectivity index (χ2n) is 3.60. The van der Waals surface area contributed by atoms with E-state index in [1.165, 1.54) is 32.1 Å². The molecule has 0 spiro atoms. The highest BCUT2D eigenvalue weighted by Gasteiger charge is 2.22. The molecule has 1 unspecified atom stereocenters. The molecule has 0 aromatic rings. The molecule has 0 heterocycles. The Morgan fingerprint density at radius 1 is 1.50 bits per heavy atom. The van der Waals surface area contributed by atoms with Gasteiger partial charge >= 0.3 is 0 Å². The van der Waals surface area contributed by atoms with Crippen molar-refractivity contribution in [2.24, 2.45) is 17.6 Å². The Morgan fingerprint density at radius 2 is 2.20 bits per heavy atom. The molecule has 1 nitrogen and oxygen atoms in total. The number of nitrogens with two attached hydrogens (primary N) is 1. The van der Waals surface area contributed by atoms with E-state index in [-0.39, 0.29) is 0 Å². The summed E-state index contributed by atoms with van der Waals surface area (Å²) in [6.45, 7) is 3.25. The average molecular weight is 141 g/mol. The Labute approximate surface area is 64.0 Å². The predicted molar refractivity (Wildman–Crippen MR) is 44.8 cm³/mol. The van der Waals surface area contributed by atoms with E-state index in [2.05, 4.69) is 6.92 Å². The van der Waals surface area contributed by atoms with E-state index < -0.39 is 0 Å². The monoisotopic (exact) mass is 141 g/mol. The minimum Gasteiger partial charge on any atom is -0.330 e. The summed E-state index contributed by atoms with van der Waals surface area (Å²) in [7, 11) is 0. The Morgan fingerprint density at radius 3 is 2.60 bits per heavy atom. The van der Waals surface area contributed by atoms with Crippen molar-refractivity contribution in [3.05, 3.63) is 0 Å². The molecule has 1 atom stereocenters. The molecule has 1 aliphatic rings. The van der Waals surface area contributed by atoms with Crippen LogP contribution in [0.2, 0.25) is 0 Å². The van der Waals surface area contributed by atoms with Gasteiger partial charge in [0.15, 0.2) is 0 Å². The molecule has 0 radical (unpaired) electrons. The van der Waals surface area contributed by atoms with Crippen molar-refractivity contribution >= 4 is 0 Å². The number of rotatable bonds is 4. The lowest BCUT2D eigenvalue weighted by atomic mass is 9.75. The van der Waals surface area contributed by atoms with Crippen LogP contribution in [0.4, 0.5) is 0 Å². The molecule has 1 rings (SSSR count). The summed E-state index contributed by atoms with van der Waals surface area (Å²) in [4.78, 5) is 0. The molecule has 0 aromatic carbocycles. The first-order valence-electron chi connectivity index (χ1n) is 4.54. The summed E-state index contributed by atoms with van der Waals surface area (Å²) in [6, 6.07) is 0. The number of hydrogen-bond acceptors (Lipinski definition) is 1. The van der Waals surface area contributed by atoms with Crippen LogP contribution in [-0.4, -0.2) is 6.54 Å². The molecular weight excluding hydrogens is 122 g/mol. The maximum atomic E-state index is 5.44. The molecule has 1 aliphatic carbocycles. The zero-order valence-corrected chi connectivity index (χ0v) is 6.97. The van der Waals surface area contributed by atoms with E-state index in [1.807, 2.05) is 0 Å². The minimum atomic E-state index is 0.872. The van der Waals surface area contributed by atoms with Gasteiger partial charge in [-0.15, -0.1) is 0 Å². The van der Waals surface area contributed by atoms with Crippen LogP contribution < -0.4 is 5.73 Å². The third kappa shape index (κ3) is 1.98. The van der Waals surface area contributed by atoms with Crippen LogP contribution in [0.1, 0.15) is 39.0 Å². The van der Waals surface area contributed by atoms with Crippen LogP contribution in [0.15, 0.2) is 0 Å². The van der Waals surface area contributed by atoms with Gasteiger partial charge in [0.2, 0.25) is 0 Å². The maximum absolute atomic E-state index is 5.44. The Kier molecular flexibility index (Phi) is 3.20. The Bertz CT molecular complexity index is 86.7. The van der Waals surface area contributed by atoms with Gasteiger partial charge in [0.05, 0.1) is 0 Å². The summed E-state index contributed by atoms with van der Waals surface area (Å²) in [6.07, 6.45) is 6.99. The summed E-state index contributed by atoms with van der Waals surface area (Å²) in [5.41, 5.74) is 5.44. The summed E-state index contributed by atoms with van der Waals surface area (Å²) < 4.78 is 0. The SMILES string of the molecule is CC(CCCN)C1CCC1. The van der Waals surface area contributed by atoms with Gasteiger partial charge in [-0.25, -0.2) is 0 Å². The van der Waals surface area contributed by atoms with E-state index in [9.17, 15) is 0 Å². The van der Waals surface area contributed by atoms with Crippen molar-refractivity contribution in [3.8, 4) is 0 Å². The average Bonchev–Trinajstić information content (AvgIpc) is 1.79. The quantitative estimate of drug-likeness (QED) is 0.638. The van der Waals surface area contributed by atoms with E-state index in [1.54, 1.807) is 0 Å². The minimum absolute atomic E-state index is 0.872. The first-order valence-corrected chi connectivity index (χ1v) is 4.54. The number of hydrogen-bond donors (Lipinski definition) is 1. The van der Waals surface area contributed by atoms with Crippen molar-refractivity contribution in [2.75, 3.05) is 6.54 Å². The zero-order chi connectivity index (χ0) is 7.40. The standard InChI is InChI=1S/C9H19N/c1-8(4-3-7-10)9-5-2-6-9/h8-9H,2-7,10H2,1H3. The van der Waals surface area contributed by atoms with Crippen molar-refractivity contribution in [2.45, 2.75) is 39.0 Å². The van der Waals surface area contributed by atoms with Gasteiger partial charge in [-0.1, -0.05) is 26.2 Å². The fraction of sp³-hybridized carbons (Fsp3) is 1.00. The third-order valence-corrected chi connectivity index (χ3v) is 2.82. The normalized spacial score (nSPS) is 22.2. The van der Waals surface area contributed by atoms with Gasteiger partial charge in [0.1, 0.15) is 0 Å². The molecule has 1 heteroatoms. The van der Waals surface area contributed by atoms with E-state index in [0.717, 1.165) is 18.4 Å². The maximum Gasteiger partial charge on any atom is -0.00772 e. The molecule has 1 saturated carbocycles. The first-order chi connectivity index (χ1) is 4.84. The van der Waals surface area contributed by atoms with Crippen LogP contribution in [0.3, 0.4) is 0 Å². The summed E-state index contributed by atoms with van der Waals surface area (Å²) in [5, 5.41) is 0. The van der Waals surface area contributed by atoms with Gasteiger partial charge in [-0.2, -0.15) is 0 Å². The fourth-order valence-electron chi connectivity index (χ4n) is 1.68. The van der Waals surface area contributed by atoms with Crippen molar-refractivity contribution in [3.63, 3.8) is 0 Å². The molecule has 0 saturated heterocycles. The fourth-order valence-corrected chi connectivity index (χ4v) is 1.68. The molecule has 60 valence electrons. The second kappa shape index (κ2) is 3.97. The lowest BCUT2D eigenvalue weighted by Gasteiger charge is -2.31. The van der Waals surface area contributed by atoms with Gasteiger partial charge in [0.25, 0.3) is 0 Å². The molecule has 2 N–H and O–H groups in total. The smallest absolute Gasteiger partial charge is 0.00772 e. The van der Waals surface area contributed by atoms with Gasteiger partial charge in [0, 0.05) is 0 Å². The topological polar surface area (TPSA) is 26.0 Å². The molecule has 0 amide bonds. The van der Waals surface area contributed by atoms with Crippen molar-refractivity contribution in [1.82, 2.24) is 0 Å². The van der Waals surface area contributed by atoms with Crippen LogP contribution in [0, 0.1) is 11.8 Å². The van der Waals surface area contributed by atoms with E-state index in [4.69, 9.17) is 5.73 Å². The van der Waals surface area contributed by atoms with E-state index in [0.29, 0.717) is 0 Å². The molecule has 0 bridgehead atoms. The summed E-state index contributed by atoms with van der Waals surface area (Å²) in [5.74, 6) is 1.99. The van der Waals surface area contributed by atoms with Crippen LogP contribution in [-0.2, 0) is 0 Å². The lowest BCUT2D eigenvalue weighted by molar-refractivity contribution is 0.208. The van der Waals surface area contributed by atoms with Gasteiger partial charge < -0.3 is 5.73 Å². The molecule has 0 aliphatic heterocycles. The van der Waals surface area contributed by atoms with Crippen molar-refractivity contribution < 1.29 is 0 Å². The first kappa shape index (κ1) is 8.06. The lowest BCUT2D eigenvalue weighted by Crippen LogP contribution is -2.20. The predicted octanol–water partition coefficient (Wildman–Crippen LogP) is 2.16. The van der Waals surface area contributed by atoms with Crippen LogP contribution in [0.5, 0.6) is 0 Å². The van der Waals surface area contributed by atoms with Crippen LogP contribution >= 0.6 is 0 Å². The van der Waals surface area contributed by atoms with Gasteiger partial charge in [-0.05, 0) is 31.2 Å². The summed E-state index contributed by atoms with van der Waals surface area (Å²) >= 11 is 0. The van der Waals surface area contributed by atoms with Crippen LogP contribution in [0.25, 0.3) is 0 Å². The molecule has 1 fully saturated rings. The second-order valence-corrected chi connectivity index (χ2v) is 3.60. The molecular formula is C9H19N. The highest BCUT2D eigenvalue weighted by atomic mass is 14.5. The highest BCUT2D eigenvalue weighted by molar-refractivity contribution is 4.74. The highest BCUT2D eigenvalue weighted by Crippen LogP contribution is 2.35.